The van der Waals surface area contributed by atoms with Crippen LogP contribution in [0.5, 0.6) is 0 Å². The van der Waals surface area contributed by atoms with Crippen molar-refractivity contribution in [1.82, 2.24) is 10.2 Å². The summed E-state index contributed by atoms with van der Waals surface area (Å²) < 4.78 is 10.3. The third-order valence-corrected chi connectivity index (χ3v) is 2.96. The van der Waals surface area contributed by atoms with Gasteiger partial charge in [-0.25, -0.2) is 4.79 Å². The normalized spacial score (nSPS) is 20.4. The average molecular weight is 244 g/mol. The van der Waals surface area contributed by atoms with E-state index < -0.39 is 0 Å². The smallest absolute Gasteiger partial charge is 0.410 e. The van der Waals surface area contributed by atoms with E-state index in [0.717, 1.165) is 38.9 Å². The molecule has 1 heterocycles. The SMILES string of the molecule is CCCCOC(=O)N1CCNCC1CCOC. The number of amides is 1. The predicted molar refractivity (Wildman–Crippen MR) is 66.1 cm³/mol. The van der Waals surface area contributed by atoms with Crippen LogP contribution in [-0.4, -0.2) is 57.0 Å². The van der Waals surface area contributed by atoms with Gasteiger partial charge in [0.05, 0.1) is 6.61 Å². The molecule has 1 aliphatic rings. The van der Waals surface area contributed by atoms with Gasteiger partial charge >= 0.3 is 6.09 Å². The molecule has 0 aromatic carbocycles. The lowest BCUT2D eigenvalue weighted by atomic mass is 10.1. The summed E-state index contributed by atoms with van der Waals surface area (Å²) >= 11 is 0. The minimum atomic E-state index is -0.180. The summed E-state index contributed by atoms with van der Waals surface area (Å²) in [5.41, 5.74) is 0. The van der Waals surface area contributed by atoms with Crippen LogP contribution in [0.15, 0.2) is 0 Å². The number of ether oxygens (including phenoxy) is 2. The Labute approximate surface area is 103 Å². The quantitative estimate of drug-likeness (QED) is 0.714. The highest BCUT2D eigenvalue weighted by molar-refractivity contribution is 5.68. The van der Waals surface area contributed by atoms with Crippen LogP contribution >= 0.6 is 0 Å². The van der Waals surface area contributed by atoms with Crippen molar-refractivity contribution in [1.29, 1.82) is 0 Å². The number of nitrogens with one attached hydrogen (secondary N) is 1. The molecule has 1 unspecified atom stereocenters. The fourth-order valence-corrected chi connectivity index (χ4v) is 1.90. The Hall–Kier alpha value is -0.810. The minimum Gasteiger partial charge on any atom is -0.449 e. The zero-order chi connectivity index (χ0) is 12.5. The highest BCUT2D eigenvalue weighted by Gasteiger charge is 2.27. The molecule has 1 atom stereocenters. The summed E-state index contributed by atoms with van der Waals surface area (Å²) in [5.74, 6) is 0. The molecule has 1 aliphatic heterocycles. The van der Waals surface area contributed by atoms with Gasteiger partial charge in [0.25, 0.3) is 0 Å². The number of carbonyl (C=O) groups is 1. The molecule has 5 heteroatoms. The Kier molecular flexibility index (Phi) is 6.96. The minimum absolute atomic E-state index is 0.180. The number of hydrogen-bond donors (Lipinski definition) is 1. The molecule has 0 radical (unpaired) electrons. The van der Waals surface area contributed by atoms with Gasteiger partial charge in [-0.05, 0) is 12.8 Å². The zero-order valence-corrected chi connectivity index (χ0v) is 10.9. The second-order valence-corrected chi connectivity index (χ2v) is 4.30. The van der Waals surface area contributed by atoms with Gasteiger partial charge in [-0.1, -0.05) is 13.3 Å². The highest BCUT2D eigenvalue weighted by atomic mass is 16.6. The van der Waals surface area contributed by atoms with Crippen LogP contribution in [0.25, 0.3) is 0 Å². The van der Waals surface area contributed by atoms with Crippen LogP contribution < -0.4 is 5.32 Å². The van der Waals surface area contributed by atoms with Gasteiger partial charge in [0, 0.05) is 39.4 Å². The maximum atomic E-state index is 11.9. The summed E-state index contributed by atoms with van der Waals surface area (Å²) in [4.78, 5) is 13.7. The number of methoxy groups -OCH3 is 1. The number of hydrogen-bond acceptors (Lipinski definition) is 4. The molecule has 1 fully saturated rings. The Morgan fingerprint density at radius 3 is 3.00 bits per heavy atom. The van der Waals surface area contributed by atoms with Crippen molar-refractivity contribution in [2.75, 3.05) is 40.0 Å². The summed E-state index contributed by atoms with van der Waals surface area (Å²) in [6, 6.07) is 0.192. The molecule has 1 rings (SSSR count). The Morgan fingerprint density at radius 1 is 1.47 bits per heavy atom. The lowest BCUT2D eigenvalue weighted by Gasteiger charge is -2.35. The van der Waals surface area contributed by atoms with E-state index in [1.807, 2.05) is 4.90 Å². The van der Waals surface area contributed by atoms with E-state index in [1.54, 1.807) is 7.11 Å². The molecule has 0 aliphatic carbocycles. The van der Waals surface area contributed by atoms with Gasteiger partial charge in [-0.3, -0.25) is 0 Å². The van der Waals surface area contributed by atoms with Crippen LogP contribution in [0, 0.1) is 0 Å². The fourth-order valence-electron chi connectivity index (χ4n) is 1.90. The van der Waals surface area contributed by atoms with Crippen molar-refractivity contribution in [2.45, 2.75) is 32.2 Å². The van der Waals surface area contributed by atoms with E-state index in [-0.39, 0.29) is 12.1 Å². The van der Waals surface area contributed by atoms with Crippen molar-refractivity contribution in [3.63, 3.8) is 0 Å². The summed E-state index contributed by atoms with van der Waals surface area (Å²) in [5, 5.41) is 3.29. The molecule has 5 nitrogen and oxygen atoms in total. The fraction of sp³-hybridized carbons (Fsp3) is 0.917. The molecule has 17 heavy (non-hydrogen) atoms. The monoisotopic (exact) mass is 244 g/mol. The van der Waals surface area contributed by atoms with E-state index in [9.17, 15) is 4.79 Å². The third kappa shape index (κ3) is 4.91. The summed E-state index contributed by atoms with van der Waals surface area (Å²) in [6.07, 6.45) is 2.65. The van der Waals surface area contributed by atoms with E-state index in [4.69, 9.17) is 9.47 Å². The molecule has 0 aromatic heterocycles. The number of unbranched alkanes of at least 4 members (excludes halogenated alkanes) is 1. The van der Waals surface area contributed by atoms with Crippen molar-refractivity contribution >= 4 is 6.09 Å². The second-order valence-electron chi connectivity index (χ2n) is 4.30. The number of nitrogens with zero attached hydrogens (tertiary/aromatic N) is 1. The second kappa shape index (κ2) is 8.31. The maximum absolute atomic E-state index is 11.9. The highest BCUT2D eigenvalue weighted by Crippen LogP contribution is 2.09. The van der Waals surface area contributed by atoms with Gasteiger partial charge in [-0.2, -0.15) is 0 Å². The number of piperazine rings is 1. The Bertz CT molecular complexity index is 224. The molecule has 1 N–H and O–H groups in total. The molecule has 1 amide bonds. The van der Waals surface area contributed by atoms with Crippen molar-refractivity contribution < 1.29 is 14.3 Å². The van der Waals surface area contributed by atoms with E-state index in [2.05, 4.69) is 12.2 Å². The first kappa shape index (κ1) is 14.3. The van der Waals surface area contributed by atoms with Gasteiger partial charge in [0.2, 0.25) is 0 Å². The van der Waals surface area contributed by atoms with E-state index in [1.165, 1.54) is 0 Å². The van der Waals surface area contributed by atoms with Crippen LogP contribution in [-0.2, 0) is 9.47 Å². The largest absolute Gasteiger partial charge is 0.449 e. The summed E-state index contributed by atoms with van der Waals surface area (Å²) in [6.45, 7) is 5.67. The Morgan fingerprint density at radius 2 is 2.29 bits per heavy atom. The molecule has 1 saturated heterocycles. The standard InChI is InChI=1S/C12H24N2O3/c1-3-4-8-17-12(15)14-7-6-13-10-11(14)5-9-16-2/h11,13H,3-10H2,1-2H3. The first-order chi connectivity index (χ1) is 8.29. The van der Waals surface area contributed by atoms with E-state index in [0.29, 0.717) is 13.2 Å². The Balaban J connectivity index is 2.37. The van der Waals surface area contributed by atoms with Crippen LogP contribution in [0.1, 0.15) is 26.2 Å². The van der Waals surface area contributed by atoms with Gasteiger partial charge in [0.15, 0.2) is 0 Å². The predicted octanol–water partition coefficient (Wildman–Crippen LogP) is 1.23. The molecular formula is C12H24N2O3. The molecule has 0 bridgehead atoms. The van der Waals surface area contributed by atoms with Crippen molar-refractivity contribution in [2.24, 2.45) is 0 Å². The van der Waals surface area contributed by atoms with Crippen LogP contribution in [0.4, 0.5) is 4.79 Å². The van der Waals surface area contributed by atoms with E-state index >= 15 is 0 Å². The molecular weight excluding hydrogens is 220 g/mol. The third-order valence-electron chi connectivity index (χ3n) is 2.96. The van der Waals surface area contributed by atoms with Gasteiger partial charge in [-0.15, -0.1) is 0 Å². The first-order valence-electron chi connectivity index (χ1n) is 6.42. The lowest BCUT2D eigenvalue weighted by Crippen LogP contribution is -2.54. The van der Waals surface area contributed by atoms with Crippen LogP contribution in [0.2, 0.25) is 0 Å². The topological polar surface area (TPSA) is 50.8 Å². The average Bonchev–Trinajstić information content (AvgIpc) is 2.37. The molecule has 0 saturated carbocycles. The number of carbonyl (C=O) groups excluding carboxylic acids is 1. The summed E-state index contributed by atoms with van der Waals surface area (Å²) in [7, 11) is 1.68. The lowest BCUT2D eigenvalue weighted by molar-refractivity contribution is 0.0658. The maximum Gasteiger partial charge on any atom is 0.410 e. The molecule has 100 valence electrons. The van der Waals surface area contributed by atoms with Gasteiger partial charge < -0.3 is 19.7 Å². The molecule has 0 spiro atoms. The van der Waals surface area contributed by atoms with Crippen molar-refractivity contribution in [3.05, 3.63) is 0 Å². The number of rotatable bonds is 6. The van der Waals surface area contributed by atoms with Crippen molar-refractivity contribution in [3.8, 4) is 0 Å². The zero-order valence-electron chi connectivity index (χ0n) is 10.9. The van der Waals surface area contributed by atoms with Crippen LogP contribution in [0.3, 0.4) is 0 Å². The van der Waals surface area contributed by atoms with Gasteiger partial charge in [0.1, 0.15) is 0 Å². The first-order valence-corrected chi connectivity index (χ1v) is 6.42. The molecule has 0 aromatic rings.